The molecule has 2 nitrogen and oxygen atoms in total. The summed E-state index contributed by atoms with van der Waals surface area (Å²) >= 11 is 0. The summed E-state index contributed by atoms with van der Waals surface area (Å²) in [5.41, 5.74) is 1.63. The van der Waals surface area contributed by atoms with E-state index in [1.54, 1.807) is 12.5 Å². The molecule has 0 aromatic heterocycles. The molecule has 2 N–H and O–H groups in total. The smallest absolute Gasteiger partial charge is 0.0723 e. The Morgan fingerprint density at radius 3 is 2.57 bits per heavy atom. The zero-order valence-electron chi connectivity index (χ0n) is 13.5. The standard InChI is InChI=1S/C17H26O.C2H6O/c18-13-6-9-15-12(10-13)5-8-16-14-3-1-2-11(14)4-7-17(15)16;1-2-3/h10-11,13-18H,1-9H2;3H,2H2,1H3. The van der Waals surface area contributed by atoms with Gasteiger partial charge in [0.1, 0.15) is 0 Å². The van der Waals surface area contributed by atoms with Gasteiger partial charge >= 0.3 is 0 Å². The molecule has 4 rings (SSSR count). The number of aliphatic hydroxyl groups excluding tert-OH is 2. The van der Waals surface area contributed by atoms with Gasteiger partial charge in [0.15, 0.2) is 0 Å². The largest absolute Gasteiger partial charge is 0.397 e. The van der Waals surface area contributed by atoms with Gasteiger partial charge in [-0.2, -0.15) is 0 Å². The van der Waals surface area contributed by atoms with Gasteiger partial charge in [-0.25, -0.2) is 0 Å². The SMILES string of the molecule is CCO.OC1C=C2CCC3C4CCCC4CCC3C2CC1. The first-order chi connectivity index (χ1) is 10.2. The summed E-state index contributed by atoms with van der Waals surface area (Å²) < 4.78 is 0. The van der Waals surface area contributed by atoms with Crippen LogP contribution < -0.4 is 0 Å². The minimum absolute atomic E-state index is 0.129. The summed E-state index contributed by atoms with van der Waals surface area (Å²) in [5, 5.41) is 17.4. The van der Waals surface area contributed by atoms with Crippen LogP contribution in [0.5, 0.6) is 0 Å². The van der Waals surface area contributed by atoms with Gasteiger partial charge < -0.3 is 10.2 Å². The number of rotatable bonds is 0. The molecule has 0 aromatic rings. The second kappa shape index (κ2) is 6.83. The van der Waals surface area contributed by atoms with E-state index in [1.807, 2.05) is 0 Å². The van der Waals surface area contributed by atoms with E-state index in [2.05, 4.69) is 6.08 Å². The molecule has 21 heavy (non-hydrogen) atoms. The Morgan fingerprint density at radius 2 is 1.76 bits per heavy atom. The van der Waals surface area contributed by atoms with E-state index in [4.69, 9.17) is 5.11 Å². The summed E-state index contributed by atoms with van der Waals surface area (Å²) in [6.07, 6.45) is 14.7. The van der Waals surface area contributed by atoms with Gasteiger partial charge in [-0.3, -0.25) is 0 Å². The molecular weight excluding hydrogens is 260 g/mol. The summed E-state index contributed by atoms with van der Waals surface area (Å²) in [4.78, 5) is 0. The van der Waals surface area contributed by atoms with Crippen molar-refractivity contribution in [3.05, 3.63) is 11.6 Å². The number of allylic oxidation sites excluding steroid dienone is 1. The zero-order valence-corrected chi connectivity index (χ0v) is 13.5. The third kappa shape index (κ3) is 3.07. The third-order valence-corrected chi connectivity index (χ3v) is 6.63. The molecule has 3 saturated carbocycles. The zero-order chi connectivity index (χ0) is 14.8. The normalized spacial score (nSPS) is 44.6. The van der Waals surface area contributed by atoms with Crippen molar-refractivity contribution in [2.75, 3.05) is 6.61 Å². The van der Waals surface area contributed by atoms with E-state index in [1.165, 1.54) is 51.4 Å². The summed E-state index contributed by atoms with van der Waals surface area (Å²) in [6, 6.07) is 0. The van der Waals surface area contributed by atoms with Crippen molar-refractivity contribution in [2.45, 2.75) is 70.8 Å². The first kappa shape index (κ1) is 15.6. The van der Waals surface area contributed by atoms with Crippen LogP contribution in [-0.2, 0) is 0 Å². The number of hydrogen-bond acceptors (Lipinski definition) is 2. The highest BCUT2D eigenvalue weighted by Gasteiger charge is 2.47. The number of aliphatic hydroxyl groups is 2. The maximum atomic E-state index is 9.82. The predicted molar refractivity (Wildman–Crippen MR) is 85.9 cm³/mol. The number of hydrogen-bond donors (Lipinski definition) is 2. The molecule has 0 saturated heterocycles. The lowest BCUT2D eigenvalue weighted by Gasteiger charge is -2.49. The van der Waals surface area contributed by atoms with Gasteiger partial charge in [0.25, 0.3) is 0 Å². The van der Waals surface area contributed by atoms with Crippen LogP contribution in [0.15, 0.2) is 11.6 Å². The average molecular weight is 292 g/mol. The van der Waals surface area contributed by atoms with Crippen LogP contribution >= 0.6 is 0 Å². The average Bonchev–Trinajstić information content (AvgIpc) is 2.96. The molecule has 120 valence electrons. The Hall–Kier alpha value is -0.340. The first-order valence-electron chi connectivity index (χ1n) is 9.24. The number of fused-ring (bicyclic) bond motifs is 5. The van der Waals surface area contributed by atoms with Crippen molar-refractivity contribution in [3.8, 4) is 0 Å². The highest BCUT2D eigenvalue weighted by molar-refractivity contribution is 5.18. The second-order valence-corrected chi connectivity index (χ2v) is 7.61. The Kier molecular flexibility index (Phi) is 5.06. The van der Waals surface area contributed by atoms with Gasteiger partial charge in [0, 0.05) is 6.61 Å². The minimum atomic E-state index is -0.129. The van der Waals surface area contributed by atoms with Crippen LogP contribution in [0.1, 0.15) is 64.7 Å². The molecule has 0 aromatic carbocycles. The van der Waals surface area contributed by atoms with Crippen molar-refractivity contribution in [1.29, 1.82) is 0 Å². The highest BCUT2D eigenvalue weighted by Crippen LogP contribution is 2.56. The Balaban J connectivity index is 0.000000409. The topological polar surface area (TPSA) is 40.5 Å². The lowest BCUT2D eigenvalue weighted by molar-refractivity contribution is 0.0410. The summed E-state index contributed by atoms with van der Waals surface area (Å²) in [5.74, 6) is 5.05. The molecule has 0 radical (unpaired) electrons. The van der Waals surface area contributed by atoms with E-state index >= 15 is 0 Å². The highest BCUT2D eigenvalue weighted by atomic mass is 16.3. The Bertz CT molecular complexity index is 376. The van der Waals surface area contributed by atoms with Crippen LogP contribution in [0.25, 0.3) is 0 Å². The molecular formula is C19H32O2. The van der Waals surface area contributed by atoms with Crippen LogP contribution in [0.3, 0.4) is 0 Å². The van der Waals surface area contributed by atoms with Crippen LogP contribution in [0.2, 0.25) is 0 Å². The van der Waals surface area contributed by atoms with Crippen molar-refractivity contribution in [1.82, 2.24) is 0 Å². The van der Waals surface area contributed by atoms with Crippen LogP contribution in [0.4, 0.5) is 0 Å². The molecule has 4 aliphatic rings. The summed E-state index contributed by atoms with van der Waals surface area (Å²) in [7, 11) is 0. The minimum Gasteiger partial charge on any atom is -0.397 e. The van der Waals surface area contributed by atoms with Gasteiger partial charge in [0.05, 0.1) is 6.10 Å². The maximum absolute atomic E-state index is 9.82. The van der Waals surface area contributed by atoms with Crippen molar-refractivity contribution in [3.63, 3.8) is 0 Å². The van der Waals surface area contributed by atoms with Crippen molar-refractivity contribution in [2.24, 2.45) is 29.6 Å². The van der Waals surface area contributed by atoms with Crippen molar-refractivity contribution >= 4 is 0 Å². The molecule has 6 unspecified atom stereocenters. The van der Waals surface area contributed by atoms with E-state index in [0.717, 1.165) is 36.0 Å². The molecule has 4 aliphatic carbocycles. The third-order valence-electron chi connectivity index (χ3n) is 6.63. The molecule has 3 fully saturated rings. The first-order valence-corrected chi connectivity index (χ1v) is 9.24. The van der Waals surface area contributed by atoms with E-state index in [0.29, 0.717) is 0 Å². The van der Waals surface area contributed by atoms with Gasteiger partial charge in [-0.1, -0.05) is 24.5 Å². The summed E-state index contributed by atoms with van der Waals surface area (Å²) in [6.45, 7) is 1.93. The molecule has 0 heterocycles. The Labute approximate surface area is 129 Å². The fourth-order valence-electron chi connectivity index (χ4n) is 5.93. The van der Waals surface area contributed by atoms with E-state index in [9.17, 15) is 5.11 Å². The monoisotopic (exact) mass is 292 g/mol. The predicted octanol–water partition coefficient (Wildman–Crippen LogP) is 3.92. The lowest BCUT2D eigenvalue weighted by Crippen LogP contribution is -2.41. The van der Waals surface area contributed by atoms with Gasteiger partial charge in [-0.05, 0) is 81.5 Å². The fraction of sp³-hybridized carbons (Fsp3) is 0.895. The van der Waals surface area contributed by atoms with E-state index < -0.39 is 0 Å². The fourth-order valence-corrected chi connectivity index (χ4v) is 5.93. The van der Waals surface area contributed by atoms with Crippen LogP contribution in [-0.4, -0.2) is 22.9 Å². The quantitative estimate of drug-likeness (QED) is 0.664. The Morgan fingerprint density at radius 1 is 0.952 bits per heavy atom. The molecule has 0 spiro atoms. The van der Waals surface area contributed by atoms with Gasteiger partial charge in [0.2, 0.25) is 0 Å². The lowest BCUT2D eigenvalue weighted by atomic mass is 9.56. The van der Waals surface area contributed by atoms with E-state index in [-0.39, 0.29) is 12.7 Å². The molecule has 0 bridgehead atoms. The molecule has 0 aliphatic heterocycles. The van der Waals surface area contributed by atoms with Crippen LogP contribution in [0, 0.1) is 29.6 Å². The molecule has 0 amide bonds. The second-order valence-electron chi connectivity index (χ2n) is 7.61. The molecule has 2 heteroatoms. The maximum Gasteiger partial charge on any atom is 0.0723 e. The van der Waals surface area contributed by atoms with Crippen molar-refractivity contribution < 1.29 is 10.2 Å². The molecule has 6 atom stereocenters. The van der Waals surface area contributed by atoms with Gasteiger partial charge in [-0.15, -0.1) is 0 Å².